The van der Waals surface area contributed by atoms with Crippen LogP contribution in [0.1, 0.15) is 11.1 Å². The van der Waals surface area contributed by atoms with Crippen LogP contribution in [0.4, 0.5) is 4.39 Å². The number of carbonyl (C=O) groups is 1. The van der Waals surface area contributed by atoms with Gasteiger partial charge in [-0.1, -0.05) is 0 Å². The zero-order valence-corrected chi connectivity index (χ0v) is 19.0. The number of nitrogens with two attached hydrogens (primary N) is 1. The van der Waals surface area contributed by atoms with Gasteiger partial charge in [-0.25, -0.2) is 13.4 Å². The summed E-state index contributed by atoms with van der Waals surface area (Å²) in [6, 6.07) is 10.5. The summed E-state index contributed by atoms with van der Waals surface area (Å²) in [5, 5.41) is 14.8. The van der Waals surface area contributed by atoms with Crippen molar-refractivity contribution in [2.45, 2.75) is 17.4 Å². The van der Waals surface area contributed by atoms with Crippen LogP contribution >= 0.6 is 11.9 Å². The lowest BCUT2D eigenvalue weighted by Gasteiger charge is -2.23. The molecule has 2 fully saturated rings. The number of aromatic nitrogens is 5. The standard InChI is InChI=1S/C23H22FN7OS/c1-13-7-19-14(9-27-31(19)16-5-3-15(24)4-6-16)8-17(13)23-12-30(11-18(23)21(23)22(25)32)33-20-10-26-29(2)28-20/h3-10,18,21H,11-12H2,1-2H3,(H2,25,32). The Morgan fingerprint density at radius 1 is 1.21 bits per heavy atom. The van der Waals surface area contributed by atoms with Gasteiger partial charge in [0.2, 0.25) is 5.91 Å². The van der Waals surface area contributed by atoms with E-state index >= 15 is 0 Å². The summed E-state index contributed by atoms with van der Waals surface area (Å²) in [7, 11) is 1.79. The Bertz CT molecular complexity index is 1400. The van der Waals surface area contributed by atoms with Gasteiger partial charge in [-0.2, -0.15) is 15.0 Å². The molecule has 168 valence electrons. The highest BCUT2D eigenvalue weighted by molar-refractivity contribution is 7.97. The number of carbonyl (C=O) groups excluding carboxylic acids is 1. The largest absolute Gasteiger partial charge is 0.369 e. The van der Waals surface area contributed by atoms with Crippen molar-refractivity contribution in [1.29, 1.82) is 0 Å². The smallest absolute Gasteiger partial charge is 0.221 e. The molecule has 3 heterocycles. The number of primary amides is 1. The van der Waals surface area contributed by atoms with E-state index in [1.807, 2.05) is 10.9 Å². The number of benzene rings is 2. The van der Waals surface area contributed by atoms with E-state index in [4.69, 9.17) is 5.73 Å². The zero-order valence-electron chi connectivity index (χ0n) is 18.1. The Labute approximate surface area is 193 Å². The lowest BCUT2D eigenvalue weighted by atomic mass is 9.88. The first-order chi connectivity index (χ1) is 15.9. The van der Waals surface area contributed by atoms with Gasteiger partial charge >= 0.3 is 0 Å². The van der Waals surface area contributed by atoms with Gasteiger partial charge in [-0.05, 0) is 72.3 Å². The molecule has 1 saturated heterocycles. The number of fused-ring (bicyclic) bond motifs is 2. The number of piperidine rings is 1. The Morgan fingerprint density at radius 2 is 2.00 bits per heavy atom. The molecule has 0 radical (unpaired) electrons. The van der Waals surface area contributed by atoms with Gasteiger partial charge in [0.1, 0.15) is 5.82 Å². The molecule has 0 spiro atoms. The summed E-state index contributed by atoms with van der Waals surface area (Å²) >= 11 is 1.56. The van der Waals surface area contributed by atoms with E-state index < -0.39 is 0 Å². The summed E-state index contributed by atoms with van der Waals surface area (Å²) in [4.78, 5) is 13.9. The quantitative estimate of drug-likeness (QED) is 0.457. The van der Waals surface area contributed by atoms with Crippen molar-refractivity contribution < 1.29 is 9.18 Å². The molecule has 2 aromatic carbocycles. The number of rotatable bonds is 5. The third-order valence-electron chi connectivity index (χ3n) is 6.94. The fraction of sp³-hybridized carbons (Fsp3) is 0.304. The van der Waals surface area contributed by atoms with Crippen molar-refractivity contribution in [2.24, 2.45) is 24.6 Å². The predicted molar refractivity (Wildman–Crippen MR) is 122 cm³/mol. The van der Waals surface area contributed by atoms with Crippen LogP contribution in [0.2, 0.25) is 0 Å². The fourth-order valence-corrected chi connectivity index (χ4v) is 6.55. The summed E-state index contributed by atoms with van der Waals surface area (Å²) < 4.78 is 17.4. The van der Waals surface area contributed by atoms with E-state index in [0.717, 1.165) is 39.3 Å². The average molecular weight is 464 g/mol. The molecule has 2 aromatic heterocycles. The van der Waals surface area contributed by atoms with Crippen molar-refractivity contribution in [1.82, 2.24) is 29.1 Å². The number of hydrogen-bond acceptors (Lipinski definition) is 6. The molecule has 3 atom stereocenters. The van der Waals surface area contributed by atoms with Crippen molar-refractivity contribution >= 4 is 28.8 Å². The first-order valence-corrected chi connectivity index (χ1v) is 11.5. The normalized spacial score (nSPS) is 24.3. The number of halogens is 1. The van der Waals surface area contributed by atoms with Gasteiger partial charge in [-0.15, -0.1) is 5.10 Å². The first-order valence-electron chi connectivity index (χ1n) is 10.7. The Hall–Kier alpha value is -3.24. The third-order valence-corrected chi connectivity index (χ3v) is 7.85. The van der Waals surface area contributed by atoms with Crippen LogP contribution in [0.25, 0.3) is 16.6 Å². The van der Waals surface area contributed by atoms with E-state index in [0.29, 0.717) is 6.54 Å². The minimum Gasteiger partial charge on any atom is -0.369 e. The minimum absolute atomic E-state index is 0.169. The number of nitrogens with zero attached hydrogens (tertiary/aromatic N) is 6. The number of aryl methyl sites for hydroxylation is 2. The second-order valence-electron chi connectivity index (χ2n) is 8.87. The summed E-state index contributed by atoms with van der Waals surface area (Å²) in [6.07, 6.45) is 3.56. The maximum Gasteiger partial charge on any atom is 0.221 e. The number of amides is 1. The number of hydrogen-bond donors (Lipinski definition) is 1. The molecule has 2 N–H and O–H groups in total. The highest BCUT2D eigenvalue weighted by Gasteiger charge is 2.72. The molecule has 0 bridgehead atoms. The lowest BCUT2D eigenvalue weighted by Crippen LogP contribution is -2.30. The van der Waals surface area contributed by atoms with E-state index in [1.54, 1.807) is 37.3 Å². The fourth-order valence-electron chi connectivity index (χ4n) is 5.52. The molecule has 6 rings (SSSR count). The van der Waals surface area contributed by atoms with Crippen molar-refractivity contribution in [2.75, 3.05) is 13.1 Å². The maximum absolute atomic E-state index is 13.4. The van der Waals surface area contributed by atoms with Crippen molar-refractivity contribution in [3.63, 3.8) is 0 Å². The Morgan fingerprint density at radius 3 is 2.70 bits per heavy atom. The molecule has 3 unspecified atom stereocenters. The van der Waals surface area contributed by atoms with Crippen LogP contribution < -0.4 is 5.73 Å². The van der Waals surface area contributed by atoms with Gasteiger partial charge in [0.05, 0.1) is 29.5 Å². The molecule has 8 nitrogen and oxygen atoms in total. The maximum atomic E-state index is 13.4. The van der Waals surface area contributed by atoms with E-state index in [1.165, 1.54) is 16.9 Å². The molecule has 2 aliphatic rings. The van der Waals surface area contributed by atoms with Crippen LogP contribution in [0.3, 0.4) is 0 Å². The molecule has 4 aromatic rings. The van der Waals surface area contributed by atoms with Crippen molar-refractivity contribution in [3.8, 4) is 5.69 Å². The molecule has 1 aliphatic carbocycles. The molecule has 1 amide bonds. The second-order valence-corrected chi connectivity index (χ2v) is 9.99. The third kappa shape index (κ3) is 3.08. The van der Waals surface area contributed by atoms with Crippen LogP contribution in [-0.4, -0.2) is 48.1 Å². The first kappa shape index (κ1) is 20.4. The van der Waals surface area contributed by atoms with Gasteiger partial charge in [-0.3, -0.25) is 4.79 Å². The van der Waals surface area contributed by atoms with Crippen LogP contribution in [0, 0.1) is 24.6 Å². The molecular formula is C23H22FN7OS. The summed E-state index contributed by atoms with van der Waals surface area (Å²) in [6.45, 7) is 3.55. The highest BCUT2D eigenvalue weighted by atomic mass is 32.2. The summed E-state index contributed by atoms with van der Waals surface area (Å²) in [5.41, 5.74) is 9.49. The monoisotopic (exact) mass is 463 g/mol. The van der Waals surface area contributed by atoms with Crippen LogP contribution in [0.15, 0.2) is 53.8 Å². The minimum atomic E-state index is -0.308. The van der Waals surface area contributed by atoms with Gasteiger partial charge < -0.3 is 5.73 Å². The lowest BCUT2D eigenvalue weighted by molar-refractivity contribution is -0.120. The molecule has 1 aliphatic heterocycles. The molecular weight excluding hydrogens is 441 g/mol. The molecule has 1 saturated carbocycles. The second kappa shape index (κ2) is 7.13. The van der Waals surface area contributed by atoms with Gasteiger partial charge in [0.25, 0.3) is 0 Å². The summed E-state index contributed by atoms with van der Waals surface area (Å²) in [5.74, 6) is -0.539. The molecule has 10 heteroatoms. The Balaban J connectivity index is 1.37. The van der Waals surface area contributed by atoms with E-state index in [9.17, 15) is 9.18 Å². The van der Waals surface area contributed by atoms with Crippen LogP contribution in [0.5, 0.6) is 0 Å². The highest BCUT2D eigenvalue weighted by Crippen LogP contribution is 2.65. The van der Waals surface area contributed by atoms with Crippen molar-refractivity contribution in [3.05, 3.63) is 65.7 Å². The van der Waals surface area contributed by atoms with E-state index in [2.05, 4.69) is 38.7 Å². The van der Waals surface area contributed by atoms with Gasteiger partial charge in [0.15, 0.2) is 5.03 Å². The average Bonchev–Trinajstić information content (AvgIpc) is 3.15. The Kier molecular flexibility index (Phi) is 4.40. The van der Waals surface area contributed by atoms with Gasteiger partial charge in [0, 0.05) is 30.9 Å². The SMILES string of the molecule is Cc1cc2c(cnn2-c2ccc(F)cc2)cc1C12CN(Sc3cnn(C)n3)CC1C2C(N)=O. The zero-order chi connectivity index (χ0) is 22.9. The van der Waals surface area contributed by atoms with E-state index in [-0.39, 0.29) is 29.0 Å². The topological polar surface area (TPSA) is 94.9 Å². The van der Waals surface area contributed by atoms with Crippen LogP contribution in [-0.2, 0) is 17.3 Å². The predicted octanol–water partition coefficient (Wildman–Crippen LogP) is 2.59. The molecule has 33 heavy (non-hydrogen) atoms.